The van der Waals surface area contributed by atoms with Crippen LogP contribution < -0.4 is 10.8 Å². The van der Waals surface area contributed by atoms with Crippen LogP contribution in [0.25, 0.3) is 0 Å². The van der Waals surface area contributed by atoms with Gasteiger partial charge in [-0.1, -0.05) is 0 Å². The van der Waals surface area contributed by atoms with Crippen molar-refractivity contribution in [3.63, 3.8) is 0 Å². The summed E-state index contributed by atoms with van der Waals surface area (Å²) in [5.74, 6) is -0.258. The number of nitrogens with zero attached hydrogens (tertiary/aromatic N) is 1. The maximum absolute atomic E-state index is 11.5. The Balaban J connectivity index is 1.71. The van der Waals surface area contributed by atoms with E-state index >= 15 is 0 Å². The van der Waals surface area contributed by atoms with Crippen LogP contribution in [0, 0.1) is 0 Å². The van der Waals surface area contributed by atoms with Crippen molar-refractivity contribution in [2.24, 2.45) is 0 Å². The second kappa shape index (κ2) is 5.58. The quantitative estimate of drug-likeness (QED) is 0.726. The number of hydroxylamine groups is 1. The Morgan fingerprint density at radius 2 is 2.62 bits per heavy atom. The molecule has 0 aromatic carbocycles. The van der Waals surface area contributed by atoms with E-state index in [2.05, 4.69) is 15.8 Å². The molecule has 1 saturated heterocycles. The number of amides is 1. The number of carbonyl (C=O) groups excluding carboxylic acids is 1. The van der Waals surface area contributed by atoms with E-state index < -0.39 is 0 Å². The van der Waals surface area contributed by atoms with Gasteiger partial charge in [-0.25, -0.2) is 5.48 Å². The lowest BCUT2D eigenvalue weighted by molar-refractivity contribution is 0.0242. The predicted molar refractivity (Wildman–Crippen MR) is 58.7 cm³/mol. The van der Waals surface area contributed by atoms with Crippen LogP contribution in [0.5, 0.6) is 0 Å². The van der Waals surface area contributed by atoms with E-state index in [4.69, 9.17) is 4.84 Å². The molecule has 1 aliphatic heterocycles. The monoisotopic (exact) mass is 221 g/mol. The van der Waals surface area contributed by atoms with Crippen molar-refractivity contribution in [2.45, 2.75) is 18.9 Å². The van der Waals surface area contributed by atoms with Crippen LogP contribution in [-0.2, 0) is 4.84 Å². The highest BCUT2D eigenvalue weighted by molar-refractivity contribution is 5.92. The maximum atomic E-state index is 11.5. The Bertz CT molecular complexity index is 336. The van der Waals surface area contributed by atoms with Crippen LogP contribution in [-0.4, -0.2) is 30.1 Å². The molecule has 1 fully saturated rings. The second-order valence-electron chi connectivity index (χ2n) is 3.78. The fraction of sp³-hybridized carbons (Fsp3) is 0.455. The smallest absolute Gasteiger partial charge is 0.276 e. The molecule has 1 unspecified atom stereocenters. The van der Waals surface area contributed by atoms with E-state index in [9.17, 15) is 4.79 Å². The van der Waals surface area contributed by atoms with Gasteiger partial charge in [-0.05, 0) is 31.5 Å². The number of nitrogens with one attached hydrogen (secondary N) is 2. The van der Waals surface area contributed by atoms with Crippen LogP contribution in [0.3, 0.4) is 0 Å². The number of hydrogen-bond acceptors (Lipinski definition) is 4. The van der Waals surface area contributed by atoms with Gasteiger partial charge in [0.25, 0.3) is 5.91 Å². The van der Waals surface area contributed by atoms with Gasteiger partial charge < -0.3 is 5.32 Å². The molecule has 1 aliphatic rings. The van der Waals surface area contributed by atoms with E-state index in [0.29, 0.717) is 18.2 Å². The predicted octanol–water partition coefficient (Wildman–Crippen LogP) is 0.495. The Hall–Kier alpha value is -1.46. The number of hydrogen-bond donors (Lipinski definition) is 2. The first-order valence-corrected chi connectivity index (χ1v) is 5.42. The first-order valence-electron chi connectivity index (χ1n) is 5.42. The molecular formula is C11H15N3O2. The molecule has 2 heterocycles. The number of pyridine rings is 1. The molecule has 0 aliphatic carbocycles. The maximum Gasteiger partial charge on any atom is 0.276 e. The summed E-state index contributed by atoms with van der Waals surface area (Å²) in [6, 6.07) is 3.77. The third kappa shape index (κ3) is 3.01. The van der Waals surface area contributed by atoms with Gasteiger partial charge in [-0.3, -0.25) is 14.6 Å². The summed E-state index contributed by atoms with van der Waals surface area (Å²) in [5.41, 5.74) is 2.91. The first-order chi connectivity index (χ1) is 7.86. The first kappa shape index (κ1) is 11.0. The zero-order valence-electron chi connectivity index (χ0n) is 8.98. The van der Waals surface area contributed by atoms with E-state index in [0.717, 1.165) is 13.0 Å². The molecule has 1 aromatic heterocycles. The lowest BCUT2D eigenvalue weighted by Crippen LogP contribution is -2.32. The van der Waals surface area contributed by atoms with E-state index in [1.807, 2.05) is 0 Å². The van der Waals surface area contributed by atoms with Crippen molar-refractivity contribution in [3.8, 4) is 0 Å². The molecule has 5 heteroatoms. The van der Waals surface area contributed by atoms with Gasteiger partial charge in [0, 0.05) is 18.4 Å². The highest BCUT2D eigenvalue weighted by atomic mass is 16.7. The highest BCUT2D eigenvalue weighted by Crippen LogP contribution is 2.04. The fourth-order valence-corrected chi connectivity index (χ4v) is 1.66. The zero-order chi connectivity index (χ0) is 11.2. The van der Waals surface area contributed by atoms with E-state index in [1.165, 1.54) is 12.6 Å². The summed E-state index contributed by atoms with van der Waals surface area (Å²) in [4.78, 5) is 20.5. The number of rotatable bonds is 4. The largest absolute Gasteiger partial charge is 0.312 e. The summed E-state index contributed by atoms with van der Waals surface area (Å²) >= 11 is 0. The molecule has 1 amide bonds. The number of carbonyl (C=O) groups is 1. The molecule has 1 aromatic rings. The van der Waals surface area contributed by atoms with Crippen LogP contribution >= 0.6 is 0 Å². The van der Waals surface area contributed by atoms with E-state index in [-0.39, 0.29) is 5.91 Å². The van der Waals surface area contributed by atoms with Gasteiger partial charge in [0.2, 0.25) is 0 Å². The Morgan fingerprint density at radius 3 is 3.31 bits per heavy atom. The molecule has 2 rings (SSSR count). The van der Waals surface area contributed by atoms with Crippen molar-refractivity contribution in [1.82, 2.24) is 15.8 Å². The summed E-state index contributed by atoms with van der Waals surface area (Å²) in [5, 5.41) is 3.28. The molecular weight excluding hydrogens is 206 g/mol. The van der Waals surface area contributed by atoms with Gasteiger partial charge in [0.15, 0.2) is 0 Å². The zero-order valence-corrected chi connectivity index (χ0v) is 8.98. The van der Waals surface area contributed by atoms with Crippen LogP contribution in [0.2, 0.25) is 0 Å². The summed E-state index contributed by atoms with van der Waals surface area (Å²) in [6.07, 6.45) is 5.40. The minimum atomic E-state index is -0.258. The molecule has 16 heavy (non-hydrogen) atoms. The van der Waals surface area contributed by atoms with Crippen LogP contribution in [0.4, 0.5) is 0 Å². The van der Waals surface area contributed by atoms with Gasteiger partial charge in [0.1, 0.15) is 0 Å². The van der Waals surface area contributed by atoms with Crippen LogP contribution in [0.15, 0.2) is 24.5 Å². The van der Waals surface area contributed by atoms with Crippen molar-refractivity contribution in [1.29, 1.82) is 0 Å². The summed E-state index contributed by atoms with van der Waals surface area (Å²) in [6.45, 7) is 1.54. The van der Waals surface area contributed by atoms with Crippen LogP contribution in [0.1, 0.15) is 23.2 Å². The van der Waals surface area contributed by atoms with Gasteiger partial charge >= 0.3 is 0 Å². The van der Waals surface area contributed by atoms with Crippen molar-refractivity contribution >= 4 is 5.91 Å². The number of aromatic nitrogens is 1. The fourth-order valence-electron chi connectivity index (χ4n) is 1.66. The van der Waals surface area contributed by atoms with Crippen molar-refractivity contribution in [3.05, 3.63) is 30.1 Å². The molecule has 5 nitrogen and oxygen atoms in total. The average molecular weight is 221 g/mol. The Labute approximate surface area is 94.2 Å². The third-order valence-corrected chi connectivity index (χ3v) is 2.54. The summed E-state index contributed by atoms with van der Waals surface area (Å²) in [7, 11) is 0. The molecule has 0 radical (unpaired) electrons. The lowest BCUT2D eigenvalue weighted by atomic mass is 10.2. The van der Waals surface area contributed by atoms with Gasteiger partial charge in [0.05, 0.1) is 12.2 Å². The molecule has 0 spiro atoms. The van der Waals surface area contributed by atoms with Gasteiger partial charge in [-0.15, -0.1) is 0 Å². The van der Waals surface area contributed by atoms with Gasteiger partial charge in [-0.2, -0.15) is 0 Å². The lowest BCUT2D eigenvalue weighted by Gasteiger charge is -2.10. The van der Waals surface area contributed by atoms with Crippen molar-refractivity contribution in [2.75, 3.05) is 13.2 Å². The van der Waals surface area contributed by atoms with E-state index in [1.54, 1.807) is 18.3 Å². The SMILES string of the molecule is O=C(NOCC1CCCN1)c1cccnc1. The average Bonchev–Trinajstić information content (AvgIpc) is 2.83. The Kier molecular flexibility index (Phi) is 3.85. The minimum Gasteiger partial charge on any atom is -0.312 e. The molecule has 2 N–H and O–H groups in total. The minimum absolute atomic E-state index is 0.258. The molecule has 86 valence electrons. The molecule has 0 saturated carbocycles. The highest BCUT2D eigenvalue weighted by Gasteiger charge is 2.14. The second-order valence-corrected chi connectivity index (χ2v) is 3.78. The molecule has 0 bridgehead atoms. The third-order valence-electron chi connectivity index (χ3n) is 2.54. The van der Waals surface area contributed by atoms with Crippen molar-refractivity contribution < 1.29 is 9.63 Å². The topological polar surface area (TPSA) is 63.2 Å². The molecule has 1 atom stereocenters. The summed E-state index contributed by atoms with van der Waals surface area (Å²) < 4.78 is 0. The Morgan fingerprint density at radius 1 is 1.69 bits per heavy atom. The normalized spacial score (nSPS) is 19.6. The standard InChI is InChI=1S/C11H15N3O2/c15-11(9-3-1-5-12-7-9)14-16-8-10-4-2-6-13-10/h1,3,5,7,10,13H,2,4,6,8H2,(H,14,15).